The second kappa shape index (κ2) is 7.84. The van der Waals surface area contributed by atoms with Crippen molar-refractivity contribution in [1.82, 2.24) is 5.32 Å². The average molecular weight is 316 g/mol. The predicted molar refractivity (Wildman–Crippen MR) is 88.5 cm³/mol. The Kier molecular flexibility index (Phi) is 5.83. The molecule has 0 aliphatic rings. The van der Waals surface area contributed by atoms with Crippen LogP contribution in [0, 0.1) is 12.1 Å². The molecule has 1 heterocycles. The summed E-state index contributed by atoms with van der Waals surface area (Å²) in [5.74, 6) is 0.163. The van der Waals surface area contributed by atoms with Gasteiger partial charge in [-0.2, -0.15) is 4.73 Å². The van der Waals surface area contributed by atoms with E-state index in [2.05, 4.69) is 5.32 Å². The summed E-state index contributed by atoms with van der Waals surface area (Å²) >= 11 is 1.24. The monoisotopic (exact) mass is 316 g/mol. The van der Waals surface area contributed by atoms with Crippen LogP contribution in [0.5, 0.6) is 0 Å². The molecule has 0 aliphatic heterocycles. The summed E-state index contributed by atoms with van der Waals surface area (Å²) in [4.78, 5) is 12.1. The number of benzene rings is 1. The van der Waals surface area contributed by atoms with Crippen LogP contribution in [0.1, 0.15) is 30.5 Å². The Hall–Kier alpha value is -2.01. The van der Waals surface area contributed by atoms with Gasteiger partial charge in [0.2, 0.25) is 5.91 Å². The van der Waals surface area contributed by atoms with E-state index in [9.17, 15) is 10.0 Å². The first-order valence-electron chi connectivity index (χ1n) is 7.27. The molecule has 1 N–H and O–H groups in total. The Morgan fingerprint density at radius 1 is 1.27 bits per heavy atom. The first-order chi connectivity index (χ1) is 10.6. The van der Waals surface area contributed by atoms with Gasteiger partial charge in [0.15, 0.2) is 6.20 Å². The van der Waals surface area contributed by atoms with Crippen LogP contribution < -0.4 is 10.0 Å². The predicted octanol–water partition coefficient (Wildman–Crippen LogP) is 2.99. The maximum Gasteiger partial charge on any atom is 0.251 e. The van der Waals surface area contributed by atoms with Crippen molar-refractivity contribution in [2.45, 2.75) is 31.3 Å². The van der Waals surface area contributed by atoms with Crippen molar-refractivity contribution in [1.29, 1.82) is 0 Å². The van der Waals surface area contributed by atoms with Crippen LogP contribution >= 0.6 is 11.8 Å². The van der Waals surface area contributed by atoms with E-state index in [0.29, 0.717) is 5.03 Å². The Morgan fingerprint density at radius 2 is 2.00 bits per heavy atom. The number of amides is 1. The minimum absolute atomic E-state index is 0.00356. The third-order valence-corrected chi connectivity index (χ3v) is 4.38. The highest BCUT2D eigenvalue weighted by atomic mass is 32.2. The third kappa shape index (κ3) is 4.49. The first kappa shape index (κ1) is 16.4. The summed E-state index contributed by atoms with van der Waals surface area (Å²) in [6, 6.07) is 13.3. The van der Waals surface area contributed by atoms with Gasteiger partial charge in [0.1, 0.15) is 0 Å². The summed E-state index contributed by atoms with van der Waals surface area (Å²) in [5, 5.41) is 15.1. The number of thioether (sulfide) groups is 1. The zero-order valence-corrected chi connectivity index (χ0v) is 13.6. The summed E-state index contributed by atoms with van der Waals surface area (Å²) in [6.45, 7) is 4.08. The number of rotatable bonds is 6. The summed E-state index contributed by atoms with van der Waals surface area (Å²) in [5.41, 5.74) is 2.30. The van der Waals surface area contributed by atoms with Gasteiger partial charge in [-0.3, -0.25) is 4.79 Å². The topological polar surface area (TPSA) is 56.0 Å². The number of pyridine rings is 1. The molecule has 0 bridgehead atoms. The molecule has 0 saturated heterocycles. The maximum absolute atomic E-state index is 12.1. The smallest absolute Gasteiger partial charge is 0.251 e. The highest BCUT2D eigenvalue weighted by molar-refractivity contribution is 7.99. The van der Waals surface area contributed by atoms with Gasteiger partial charge in [-0.15, -0.1) is 0 Å². The largest absolute Gasteiger partial charge is 0.618 e. The van der Waals surface area contributed by atoms with E-state index in [4.69, 9.17) is 0 Å². The molecule has 0 spiro atoms. The van der Waals surface area contributed by atoms with Crippen molar-refractivity contribution in [2.24, 2.45) is 0 Å². The van der Waals surface area contributed by atoms with Crippen molar-refractivity contribution in [3.8, 4) is 0 Å². The Bertz CT molecular complexity index is 629. The number of hydrogen-bond acceptors (Lipinski definition) is 3. The van der Waals surface area contributed by atoms with Crippen LogP contribution in [0.2, 0.25) is 0 Å². The molecule has 1 aromatic heterocycles. The first-order valence-corrected chi connectivity index (χ1v) is 8.25. The van der Waals surface area contributed by atoms with E-state index < -0.39 is 0 Å². The Labute approximate surface area is 135 Å². The fraction of sp³-hybridized carbons (Fsp3) is 0.294. The molecule has 2 rings (SSSR count). The third-order valence-electron chi connectivity index (χ3n) is 3.36. The summed E-state index contributed by atoms with van der Waals surface area (Å²) in [6.07, 6.45) is 2.26. The van der Waals surface area contributed by atoms with Gasteiger partial charge >= 0.3 is 0 Å². The van der Waals surface area contributed by atoms with Crippen molar-refractivity contribution >= 4 is 17.7 Å². The number of carbonyl (C=O) groups is 1. The second-order valence-corrected chi connectivity index (χ2v) is 6.09. The number of nitrogens with one attached hydrogen (secondary N) is 1. The number of carbonyl (C=O) groups excluding carboxylic acids is 1. The number of aryl methyl sites for hydroxylation is 1. The van der Waals surface area contributed by atoms with E-state index in [1.807, 2.05) is 38.1 Å². The zero-order valence-electron chi connectivity index (χ0n) is 12.8. The van der Waals surface area contributed by atoms with Crippen molar-refractivity contribution in [2.75, 3.05) is 5.75 Å². The molecule has 0 unspecified atom stereocenters. The van der Waals surface area contributed by atoms with Gasteiger partial charge in [-0.05, 0) is 36.7 Å². The molecule has 1 aromatic carbocycles. The van der Waals surface area contributed by atoms with Crippen LogP contribution in [0.3, 0.4) is 0 Å². The van der Waals surface area contributed by atoms with E-state index in [-0.39, 0.29) is 17.7 Å². The highest BCUT2D eigenvalue weighted by Crippen LogP contribution is 2.18. The summed E-state index contributed by atoms with van der Waals surface area (Å²) < 4.78 is 0.773. The van der Waals surface area contributed by atoms with E-state index in [1.165, 1.54) is 23.5 Å². The van der Waals surface area contributed by atoms with Crippen LogP contribution in [0.25, 0.3) is 0 Å². The Balaban J connectivity index is 1.92. The second-order valence-electron chi connectivity index (χ2n) is 5.09. The molecule has 0 saturated carbocycles. The quantitative estimate of drug-likeness (QED) is 0.506. The van der Waals surface area contributed by atoms with Crippen molar-refractivity contribution < 1.29 is 9.52 Å². The highest BCUT2D eigenvalue weighted by Gasteiger charge is 2.14. The lowest BCUT2D eigenvalue weighted by Gasteiger charge is -2.17. The van der Waals surface area contributed by atoms with E-state index in [0.717, 1.165) is 16.7 Å². The molecule has 22 heavy (non-hydrogen) atoms. The van der Waals surface area contributed by atoms with Crippen molar-refractivity contribution in [3.05, 3.63) is 65.0 Å². The number of hydrogen-bond donors (Lipinski definition) is 1. The molecule has 0 radical (unpaired) electrons. The average Bonchev–Trinajstić information content (AvgIpc) is 2.53. The lowest BCUT2D eigenvalue weighted by Crippen LogP contribution is -2.31. The minimum atomic E-state index is -0.0683. The van der Waals surface area contributed by atoms with Gasteiger partial charge < -0.3 is 10.5 Å². The maximum atomic E-state index is 12.1. The minimum Gasteiger partial charge on any atom is -0.618 e. The molecule has 1 atom stereocenters. The molecule has 116 valence electrons. The summed E-state index contributed by atoms with van der Waals surface area (Å²) in [7, 11) is 0. The molecule has 0 aliphatic carbocycles. The molecule has 5 heteroatoms. The van der Waals surface area contributed by atoms with Gasteiger partial charge in [0.05, 0.1) is 11.8 Å². The molecule has 1 amide bonds. The standard InChI is InChI=1S/C17H20N2O2S/c1-3-15(14-9-7-13(2)8-10-14)18-16(20)12-22-17-6-4-5-11-19(17)21/h4-11,15H,3,12H2,1-2H3,(H,18,20)/t15-/m0/s1. The molecular formula is C17H20N2O2S. The van der Waals surface area contributed by atoms with Crippen LogP contribution in [-0.2, 0) is 4.79 Å². The van der Waals surface area contributed by atoms with Crippen LogP contribution in [0.4, 0.5) is 0 Å². The zero-order chi connectivity index (χ0) is 15.9. The molecular weight excluding hydrogens is 296 g/mol. The SMILES string of the molecule is CC[C@H](NC(=O)CSc1cccc[n+]1[O-])c1ccc(C)cc1. The van der Waals surface area contributed by atoms with Gasteiger partial charge in [0, 0.05) is 12.1 Å². The van der Waals surface area contributed by atoms with Crippen LogP contribution in [0.15, 0.2) is 53.7 Å². The normalized spacial score (nSPS) is 11.9. The fourth-order valence-corrected chi connectivity index (χ4v) is 2.84. The number of nitrogens with zero attached hydrogens (tertiary/aromatic N) is 1. The molecule has 0 fully saturated rings. The van der Waals surface area contributed by atoms with Crippen molar-refractivity contribution in [3.63, 3.8) is 0 Å². The van der Waals surface area contributed by atoms with E-state index in [1.54, 1.807) is 18.2 Å². The van der Waals surface area contributed by atoms with Gasteiger partial charge in [-0.25, -0.2) is 0 Å². The molecule has 4 nitrogen and oxygen atoms in total. The lowest BCUT2D eigenvalue weighted by molar-refractivity contribution is -0.645. The number of aromatic nitrogens is 1. The fourth-order valence-electron chi connectivity index (χ4n) is 2.12. The van der Waals surface area contributed by atoms with E-state index >= 15 is 0 Å². The lowest BCUT2D eigenvalue weighted by atomic mass is 10.0. The van der Waals surface area contributed by atoms with Gasteiger partial charge in [-0.1, -0.05) is 36.8 Å². The van der Waals surface area contributed by atoms with Crippen LogP contribution in [-0.4, -0.2) is 11.7 Å². The Morgan fingerprint density at radius 3 is 2.64 bits per heavy atom. The molecule has 2 aromatic rings. The van der Waals surface area contributed by atoms with Gasteiger partial charge in [0.25, 0.3) is 5.03 Å².